The van der Waals surface area contributed by atoms with Crippen molar-refractivity contribution in [1.29, 1.82) is 0 Å². The lowest BCUT2D eigenvalue weighted by molar-refractivity contribution is 0.276. The fraction of sp³-hybridized carbons (Fsp3) is 0.600. The number of halogens is 2. The van der Waals surface area contributed by atoms with Gasteiger partial charge in [-0.15, -0.1) is 11.6 Å². The van der Waals surface area contributed by atoms with Crippen LogP contribution in [0.25, 0.3) is 11.2 Å². The van der Waals surface area contributed by atoms with Crippen LogP contribution in [-0.4, -0.2) is 44.9 Å². The minimum Gasteiger partial charge on any atom is -0.311 e. The van der Waals surface area contributed by atoms with Crippen LogP contribution in [0.5, 0.6) is 0 Å². The number of aryl methyl sites for hydroxylation is 1. The van der Waals surface area contributed by atoms with Gasteiger partial charge in [0.15, 0.2) is 5.65 Å². The van der Waals surface area contributed by atoms with E-state index < -0.39 is 0 Å². The molecule has 0 atom stereocenters. The lowest BCUT2D eigenvalue weighted by atomic mass is 10.3. The molecule has 2 aromatic heterocycles. The third-order valence-electron chi connectivity index (χ3n) is 3.58. The molecule has 2 rings (SSSR count). The average molecular weight is 374 g/mol. The van der Waals surface area contributed by atoms with Crippen LogP contribution in [-0.2, 0) is 13.0 Å². The predicted molar refractivity (Wildman–Crippen MR) is 92.1 cm³/mol. The molecule has 2 aromatic rings. The van der Waals surface area contributed by atoms with Crippen molar-refractivity contribution >= 4 is 38.7 Å². The SMILES string of the molecule is CCCN(CC)CCn1c(CCCl)nc2cc(Br)cnc21. The van der Waals surface area contributed by atoms with Gasteiger partial charge in [-0.3, -0.25) is 0 Å². The van der Waals surface area contributed by atoms with Crippen molar-refractivity contribution in [2.75, 3.05) is 25.5 Å². The first-order valence-electron chi connectivity index (χ1n) is 7.48. The lowest BCUT2D eigenvalue weighted by Gasteiger charge is -2.20. The molecule has 0 unspecified atom stereocenters. The summed E-state index contributed by atoms with van der Waals surface area (Å²) < 4.78 is 3.17. The quantitative estimate of drug-likeness (QED) is 0.662. The third-order valence-corrected chi connectivity index (χ3v) is 4.20. The summed E-state index contributed by atoms with van der Waals surface area (Å²) in [6, 6.07) is 2.01. The molecule has 0 N–H and O–H groups in total. The Labute approximate surface area is 139 Å². The first kappa shape index (κ1) is 16.7. The van der Waals surface area contributed by atoms with Crippen LogP contribution in [0.2, 0.25) is 0 Å². The van der Waals surface area contributed by atoms with E-state index in [1.165, 1.54) is 6.42 Å². The number of rotatable bonds is 8. The summed E-state index contributed by atoms with van der Waals surface area (Å²) in [4.78, 5) is 11.7. The van der Waals surface area contributed by atoms with Gasteiger partial charge in [0.05, 0.1) is 0 Å². The molecular formula is C15H22BrClN4. The van der Waals surface area contributed by atoms with Crippen molar-refractivity contribution in [2.24, 2.45) is 0 Å². The number of alkyl halides is 1. The van der Waals surface area contributed by atoms with Gasteiger partial charge >= 0.3 is 0 Å². The molecule has 0 aromatic carbocycles. The van der Waals surface area contributed by atoms with E-state index in [9.17, 15) is 0 Å². The predicted octanol–water partition coefficient (Wildman–Crippen LogP) is 3.71. The number of hydrogen-bond acceptors (Lipinski definition) is 3. The van der Waals surface area contributed by atoms with Crippen molar-refractivity contribution in [3.63, 3.8) is 0 Å². The zero-order valence-corrected chi connectivity index (χ0v) is 15.0. The molecule has 116 valence electrons. The highest BCUT2D eigenvalue weighted by Gasteiger charge is 2.13. The Morgan fingerprint density at radius 1 is 1.33 bits per heavy atom. The van der Waals surface area contributed by atoms with E-state index in [1.54, 1.807) is 0 Å². The van der Waals surface area contributed by atoms with Crippen molar-refractivity contribution in [2.45, 2.75) is 33.2 Å². The van der Waals surface area contributed by atoms with E-state index in [1.807, 2.05) is 12.3 Å². The molecule has 2 heterocycles. The molecule has 0 aliphatic carbocycles. The van der Waals surface area contributed by atoms with Gasteiger partial charge in [0, 0.05) is 36.1 Å². The van der Waals surface area contributed by atoms with E-state index in [2.05, 4.69) is 49.2 Å². The summed E-state index contributed by atoms with van der Waals surface area (Å²) in [6.45, 7) is 8.55. The highest BCUT2D eigenvalue weighted by Crippen LogP contribution is 2.19. The van der Waals surface area contributed by atoms with Crippen LogP contribution in [0.4, 0.5) is 0 Å². The molecule has 0 bridgehead atoms. The second kappa shape index (κ2) is 8.11. The van der Waals surface area contributed by atoms with E-state index in [0.29, 0.717) is 5.88 Å². The smallest absolute Gasteiger partial charge is 0.160 e. The summed E-state index contributed by atoms with van der Waals surface area (Å²) in [6.07, 6.45) is 3.78. The molecule has 4 nitrogen and oxygen atoms in total. The fourth-order valence-corrected chi connectivity index (χ4v) is 3.02. The van der Waals surface area contributed by atoms with Crippen LogP contribution in [0.3, 0.4) is 0 Å². The summed E-state index contributed by atoms with van der Waals surface area (Å²) >= 11 is 9.37. The molecule has 0 amide bonds. The second-order valence-corrected chi connectivity index (χ2v) is 6.34. The van der Waals surface area contributed by atoms with Crippen molar-refractivity contribution in [3.05, 3.63) is 22.6 Å². The number of imidazole rings is 1. The van der Waals surface area contributed by atoms with Crippen molar-refractivity contribution in [3.8, 4) is 0 Å². The number of aromatic nitrogens is 3. The molecule has 0 spiro atoms. The van der Waals surface area contributed by atoms with Crippen LogP contribution in [0.15, 0.2) is 16.7 Å². The molecule has 6 heteroatoms. The average Bonchev–Trinajstić information content (AvgIpc) is 2.80. The van der Waals surface area contributed by atoms with Gasteiger partial charge in [0.25, 0.3) is 0 Å². The van der Waals surface area contributed by atoms with Gasteiger partial charge < -0.3 is 9.47 Å². The van der Waals surface area contributed by atoms with E-state index in [4.69, 9.17) is 11.6 Å². The zero-order chi connectivity index (χ0) is 15.2. The Morgan fingerprint density at radius 2 is 2.14 bits per heavy atom. The van der Waals surface area contributed by atoms with Crippen LogP contribution < -0.4 is 0 Å². The Hall–Kier alpha value is -0.650. The summed E-state index contributed by atoms with van der Waals surface area (Å²) in [5.74, 6) is 1.61. The van der Waals surface area contributed by atoms with E-state index in [-0.39, 0.29) is 0 Å². The van der Waals surface area contributed by atoms with E-state index >= 15 is 0 Å². The first-order chi connectivity index (χ1) is 10.2. The number of hydrogen-bond donors (Lipinski definition) is 0. The molecular weight excluding hydrogens is 352 g/mol. The Balaban J connectivity index is 2.25. The standard InChI is InChI=1S/C15H22BrClN4/c1-3-7-20(4-2)8-9-21-14(5-6-17)19-13-10-12(16)11-18-15(13)21/h10-11H,3-9H2,1-2H3. The fourth-order valence-electron chi connectivity index (χ4n) is 2.53. The molecule has 0 aliphatic rings. The minimum atomic E-state index is 0.580. The number of fused-ring (bicyclic) bond motifs is 1. The van der Waals surface area contributed by atoms with Crippen LogP contribution >= 0.6 is 27.5 Å². The maximum absolute atomic E-state index is 5.91. The van der Waals surface area contributed by atoms with Crippen LogP contribution in [0, 0.1) is 0 Å². The van der Waals surface area contributed by atoms with Gasteiger partial charge in [-0.2, -0.15) is 0 Å². The Bertz CT molecular complexity index is 584. The number of pyridine rings is 1. The maximum Gasteiger partial charge on any atom is 0.160 e. The summed E-state index contributed by atoms with van der Waals surface area (Å²) in [5, 5.41) is 0. The number of likely N-dealkylation sites (N-methyl/N-ethyl adjacent to an activating group) is 1. The third kappa shape index (κ3) is 4.18. The molecule has 0 aliphatic heterocycles. The molecule has 0 saturated carbocycles. The van der Waals surface area contributed by atoms with Gasteiger partial charge in [0.1, 0.15) is 11.3 Å². The van der Waals surface area contributed by atoms with Gasteiger partial charge in [-0.25, -0.2) is 9.97 Å². The minimum absolute atomic E-state index is 0.580. The summed E-state index contributed by atoms with van der Waals surface area (Å²) in [7, 11) is 0. The lowest BCUT2D eigenvalue weighted by Crippen LogP contribution is -2.28. The first-order valence-corrected chi connectivity index (χ1v) is 8.81. The molecule has 0 fully saturated rings. The second-order valence-electron chi connectivity index (χ2n) is 5.05. The van der Waals surface area contributed by atoms with E-state index in [0.717, 1.165) is 54.1 Å². The Morgan fingerprint density at radius 3 is 2.81 bits per heavy atom. The molecule has 21 heavy (non-hydrogen) atoms. The van der Waals surface area contributed by atoms with Gasteiger partial charge in [-0.05, 0) is 41.5 Å². The monoisotopic (exact) mass is 372 g/mol. The molecule has 0 saturated heterocycles. The Kier molecular flexibility index (Phi) is 6.45. The number of nitrogens with zero attached hydrogens (tertiary/aromatic N) is 4. The highest BCUT2D eigenvalue weighted by atomic mass is 79.9. The highest BCUT2D eigenvalue weighted by molar-refractivity contribution is 9.10. The van der Waals surface area contributed by atoms with Gasteiger partial charge in [-0.1, -0.05) is 13.8 Å². The van der Waals surface area contributed by atoms with Gasteiger partial charge in [0.2, 0.25) is 0 Å². The zero-order valence-electron chi connectivity index (χ0n) is 12.6. The topological polar surface area (TPSA) is 34.0 Å². The maximum atomic E-state index is 5.91. The molecule has 0 radical (unpaired) electrons. The summed E-state index contributed by atoms with van der Waals surface area (Å²) in [5.41, 5.74) is 1.88. The largest absolute Gasteiger partial charge is 0.311 e. The van der Waals surface area contributed by atoms with Crippen molar-refractivity contribution in [1.82, 2.24) is 19.4 Å². The van der Waals surface area contributed by atoms with Crippen LogP contribution in [0.1, 0.15) is 26.1 Å². The van der Waals surface area contributed by atoms with Crippen molar-refractivity contribution < 1.29 is 0 Å². The normalized spacial score (nSPS) is 11.7.